The van der Waals surface area contributed by atoms with E-state index in [0.29, 0.717) is 21.5 Å². The van der Waals surface area contributed by atoms with Crippen LogP contribution in [0.3, 0.4) is 0 Å². The molecule has 0 aliphatic heterocycles. The molecule has 0 spiro atoms. The molecule has 1 amide bonds. The number of rotatable bonds is 7. The molecule has 1 aliphatic rings. The second kappa shape index (κ2) is 9.72. The molecule has 2 aromatic heterocycles. The molecule has 174 valence electrons. The van der Waals surface area contributed by atoms with Crippen molar-refractivity contribution in [3.05, 3.63) is 61.1 Å². The van der Waals surface area contributed by atoms with Gasteiger partial charge >= 0.3 is 11.7 Å². The minimum Gasteiger partial charge on any atom is -0.465 e. The van der Waals surface area contributed by atoms with Crippen LogP contribution in [-0.4, -0.2) is 41.8 Å². The van der Waals surface area contributed by atoms with Gasteiger partial charge in [-0.1, -0.05) is 0 Å². The van der Waals surface area contributed by atoms with Crippen LogP contribution in [0.5, 0.6) is 0 Å². The number of carbonyl (C=O) groups is 2. The zero-order valence-corrected chi connectivity index (χ0v) is 19.3. The van der Waals surface area contributed by atoms with Gasteiger partial charge in [0, 0.05) is 17.7 Å². The van der Waals surface area contributed by atoms with Crippen molar-refractivity contribution >= 4 is 39.1 Å². The van der Waals surface area contributed by atoms with Gasteiger partial charge in [0.2, 0.25) is 5.91 Å². The lowest BCUT2D eigenvalue weighted by Crippen LogP contribution is -2.42. The summed E-state index contributed by atoms with van der Waals surface area (Å²) in [7, 11) is 2.80. The molecule has 3 aromatic rings. The molecule has 1 N–H and O–H groups in total. The molecule has 0 radical (unpaired) electrons. The highest BCUT2D eigenvalue weighted by molar-refractivity contribution is 7.18. The number of methoxy groups -OCH3 is 2. The second-order valence-electron chi connectivity index (χ2n) is 7.83. The van der Waals surface area contributed by atoms with Crippen LogP contribution in [0.1, 0.15) is 33.6 Å². The SMILES string of the molecule is COCCn1c(=O)c2c3c(sc2n(CC(=O)Nc2ccc(C(=O)OC)cc2)c1=O)CCCC3. The number of carbonyl (C=O) groups excluding carboxylic acids is 2. The number of nitrogens with zero attached hydrogens (tertiary/aromatic N) is 2. The Morgan fingerprint density at radius 3 is 2.48 bits per heavy atom. The Kier molecular flexibility index (Phi) is 6.75. The molecular formula is C23H25N3O6S. The van der Waals surface area contributed by atoms with E-state index in [-0.39, 0.29) is 25.3 Å². The lowest BCUT2D eigenvalue weighted by molar-refractivity contribution is -0.116. The van der Waals surface area contributed by atoms with Gasteiger partial charge in [0.15, 0.2) is 0 Å². The Balaban J connectivity index is 1.69. The van der Waals surface area contributed by atoms with Crippen molar-refractivity contribution < 1.29 is 19.1 Å². The van der Waals surface area contributed by atoms with Crippen molar-refractivity contribution in [2.24, 2.45) is 0 Å². The Morgan fingerprint density at radius 1 is 1.06 bits per heavy atom. The lowest BCUT2D eigenvalue weighted by Gasteiger charge is -2.13. The van der Waals surface area contributed by atoms with Gasteiger partial charge in [-0.05, 0) is 55.5 Å². The van der Waals surface area contributed by atoms with E-state index in [2.05, 4.69) is 10.1 Å². The molecule has 1 aromatic carbocycles. The maximum absolute atomic E-state index is 13.2. The van der Waals surface area contributed by atoms with Crippen molar-refractivity contribution in [2.45, 2.75) is 38.8 Å². The molecule has 0 saturated heterocycles. The first-order valence-corrected chi connectivity index (χ1v) is 11.5. The van der Waals surface area contributed by atoms with Gasteiger partial charge < -0.3 is 14.8 Å². The molecule has 0 unspecified atom stereocenters. The first-order chi connectivity index (χ1) is 15.9. The molecule has 1 aliphatic carbocycles. The van der Waals surface area contributed by atoms with E-state index in [4.69, 9.17) is 4.74 Å². The fourth-order valence-electron chi connectivity index (χ4n) is 4.09. The maximum atomic E-state index is 13.2. The topological polar surface area (TPSA) is 109 Å². The molecule has 0 bridgehead atoms. The van der Waals surface area contributed by atoms with E-state index < -0.39 is 17.6 Å². The fraction of sp³-hybridized carbons (Fsp3) is 0.391. The fourth-order valence-corrected chi connectivity index (χ4v) is 5.46. The Morgan fingerprint density at radius 2 is 1.79 bits per heavy atom. The summed E-state index contributed by atoms with van der Waals surface area (Å²) < 4.78 is 12.3. The van der Waals surface area contributed by atoms with Crippen LogP contribution >= 0.6 is 11.3 Å². The molecule has 2 heterocycles. The highest BCUT2D eigenvalue weighted by atomic mass is 32.1. The molecule has 0 fully saturated rings. The third kappa shape index (κ3) is 4.49. The summed E-state index contributed by atoms with van der Waals surface area (Å²) in [5.74, 6) is -0.880. The number of benzene rings is 1. The predicted octanol–water partition coefficient (Wildman–Crippen LogP) is 2.18. The van der Waals surface area contributed by atoms with Crippen LogP contribution in [0.25, 0.3) is 10.2 Å². The van der Waals surface area contributed by atoms with Gasteiger partial charge in [-0.3, -0.25) is 18.7 Å². The molecular weight excluding hydrogens is 446 g/mol. The number of aromatic nitrogens is 2. The number of hydrogen-bond acceptors (Lipinski definition) is 7. The number of ether oxygens (including phenoxy) is 2. The zero-order chi connectivity index (χ0) is 23.5. The minimum atomic E-state index is -0.528. The van der Waals surface area contributed by atoms with Gasteiger partial charge in [-0.25, -0.2) is 9.59 Å². The second-order valence-corrected chi connectivity index (χ2v) is 8.91. The molecule has 33 heavy (non-hydrogen) atoms. The monoisotopic (exact) mass is 471 g/mol. The van der Waals surface area contributed by atoms with E-state index in [1.165, 1.54) is 30.1 Å². The van der Waals surface area contributed by atoms with Crippen LogP contribution in [-0.2, 0) is 40.2 Å². The summed E-state index contributed by atoms with van der Waals surface area (Å²) in [4.78, 5) is 52.5. The Bertz CT molecular complexity index is 1320. The van der Waals surface area contributed by atoms with E-state index in [1.807, 2.05) is 0 Å². The average Bonchev–Trinajstić information content (AvgIpc) is 3.21. The Labute approximate surface area is 193 Å². The zero-order valence-electron chi connectivity index (χ0n) is 18.5. The minimum absolute atomic E-state index is 0.116. The number of fused-ring (bicyclic) bond motifs is 3. The van der Waals surface area contributed by atoms with Crippen molar-refractivity contribution in [1.82, 2.24) is 9.13 Å². The standard InChI is InChI=1S/C23H25N3O6S/c1-31-12-11-25-20(28)19-16-5-3-4-6-17(16)33-21(19)26(23(25)30)13-18(27)24-15-9-7-14(8-10-15)22(29)32-2/h7-10H,3-6,11-13H2,1-2H3,(H,24,27). The highest BCUT2D eigenvalue weighted by Crippen LogP contribution is 2.34. The summed E-state index contributed by atoms with van der Waals surface area (Å²) >= 11 is 1.43. The number of hydrogen-bond donors (Lipinski definition) is 1. The number of aryl methyl sites for hydroxylation is 2. The summed E-state index contributed by atoms with van der Waals surface area (Å²) in [5, 5.41) is 3.29. The van der Waals surface area contributed by atoms with Crippen LogP contribution in [0.2, 0.25) is 0 Å². The van der Waals surface area contributed by atoms with E-state index in [1.54, 1.807) is 24.3 Å². The molecule has 9 nitrogen and oxygen atoms in total. The molecule has 10 heteroatoms. The summed E-state index contributed by atoms with van der Waals surface area (Å²) in [5.41, 5.74) is 1.00. The number of thiophene rings is 1. The number of anilines is 1. The van der Waals surface area contributed by atoms with Crippen molar-refractivity contribution in [3.8, 4) is 0 Å². The first-order valence-electron chi connectivity index (χ1n) is 10.7. The maximum Gasteiger partial charge on any atom is 0.337 e. The normalized spacial score (nSPS) is 13.0. The lowest BCUT2D eigenvalue weighted by atomic mass is 9.97. The van der Waals surface area contributed by atoms with Crippen molar-refractivity contribution in [3.63, 3.8) is 0 Å². The van der Waals surface area contributed by atoms with Gasteiger partial charge in [0.05, 0.1) is 31.2 Å². The third-order valence-corrected chi connectivity index (χ3v) is 7.04. The number of nitrogens with one attached hydrogen (secondary N) is 1. The van der Waals surface area contributed by atoms with Gasteiger partial charge in [-0.2, -0.15) is 0 Å². The van der Waals surface area contributed by atoms with Crippen molar-refractivity contribution in [2.75, 3.05) is 26.1 Å². The highest BCUT2D eigenvalue weighted by Gasteiger charge is 2.24. The van der Waals surface area contributed by atoms with E-state index in [9.17, 15) is 19.2 Å². The molecule has 0 saturated carbocycles. The van der Waals surface area contributed by atoms with E-state index in [0.717, 1.165) is 40.7 Å². The van der Waals surface area contributed by atoms with Crippen molar-refractivity contribution in [1.29, 1.82) is 0 Å². The molecule has 0 atom stereocenters. The largest absolute Gasteiger partial charge is 0.465 e. The molecule has 4 rings (SSSR count). The van der Waals surface area contributed by atoms with Gasteiger partial charge in [-0.15, -0.1) is 11.3 Å². The van der Waals surface area contributed by atoms with Crippen LogP contribution in [0.15, 0.2) is 33.9 Å². The first kappa shape index (κ1) is 22.9. The summed E-state index contributed by atoms with van der Waals surface area (Å²) in [6.07, 6.45) is 3.71. The number of esters is 1. The quantitative estimate of drug-likeness (QED) is 0.529. The average molecular weight is 472 g/mol. The smallest absolute Gasteiger partial charge is 0.337 e. The third-order valence-electron chi connectivity index (χ3n) is 5.73. The van der Waals surface area contributed by atoms with Gasteiger partial charge in [0.1, 0.15) is 11.4 Å². The van der Waals surface area contributed by atoms with Crippen LogP contribution in [0.4, 0.5) is 5.69 Å². The summed E-state index contributed by atoms with van der Waals surface area (Å²) in [6, 6.07) is 6.27. The summed E-state index contributed by atoms with van der Waals surface area (Å²) in [6.45, 7) is 0.0950. The number of amides is 1. The Hall–Kier alpha value is -3.24. The van der Waals surface area contributed by atoms with E-state index >= 15 is 0 Å². The van der Waals surface area contributed by atoms with Crippen LogP contribution in [0, 0.1) is 0 Å². The predicted molar refractivity (Wildman–Crippen MR) is 125 cm³/mol. The van der Waals surface area contributed by atoms with Gasteiger partial charge in [0.25, 0.3) is 5.56 Å². The van der Waals surface area contributed by atoms with Crippen LogP contribution < -0.4 is 16.6 Å².